The zero-order valence-corrected chi connectivity index (χ0v) is 29.8. The molecule has 1 atom stereocenters. The lowest BCUT2D eigenvalue weighted by molar-refractivity contribution is -0.139. The first-order valence-corrected chi connectivity index (χ1v) is 16.9. The van der Waals surface area contributed by atoms with E-state index in [4.69, 9.17) is 37.4 Å². The van der Waals surface area contributed by atoms with Crippen LogP contribution in [0.15, 0.2) is 75.7 Å². The molecule has 11 heteroatoms. The summed E-state index contributed by atoms with van der Waals surface area (Å²) in [6, 6.07) is 16.4. The molecular formula is C34H31Cl2IN2O5S. The smallest absolute Gasteiger partial charge is 0.338 e. The van der Waals surface area contributed by atoms with Gasteiger partial charge in [0, 0.05) is 0 Å². The highest BCUT2D eigenvalue weighted by Gasteiger charge is 2.33. The molecule has 0 unspecified atom stereocenters. The summed E-state index contributed by atoms with van der Waals surface area (Å²) in [4.78, 5) is 32.5. The van der Waals surface area contributed by atoms with Gasteiger partial charge in [0.15, 0.2) is 16.3 Å². The molecule has 7 nitrogen and oxygen atoms in total. The van der Waals surface area contributed by atoms with Gasteiger partial charge in [0.05, 0.1) is 49.2 Å². The summed E-state index contributed by atoms with van der Waals surface area (Å²) in [6.45, 7) is 8.26. The summed E-state index contributed by atoms with van der Waals surface area (Å²) in [5, 5.41) is 0.931. The molecule has 0 spiro atoms. The predicted molar refractivity (Wildman–Crippen MR) is 187 cm³/mol. The first-order valence-electron chi connectivity index (χ1n) is 14.3. The van der Waals surface area contributed by atoms with Crippen LogP contribution in [0.3, 0.4) is 0 Å². The Bertz CT molecular complexity index is 1980. The van der Waals surface area contributed by atoms with Gasteiger partial charge in [0.1, 0.15) is 6.61 Å². The number of fused-ring (bicyclic) bond motifs is 1. The maximum absolute atomic E-state index is 14.1. The van der Waals surface area contributed by atoms with E-state index in [9.17, 15) is 9.59 Å². The van der Waals surface area contributed by atoms with Gasteiger partial charge in [-0.25, -0.2) is 9.79 Å². The van der Waals surface area contributed by atoms with E-state index in [0.717, 1.165) is 25.8 Å². The van der Waals surface area contributed by atoms with E-state index in [1.54, 1.807) is 43.7 Å². The van der Waals surface area contributed by atoms with Crippen molar-refractivity contribution in [3.8, 4) is 11.5 Å². The number of benzene rings is 3. The topological polar surface area (TPSA) is 79.1 Å². The van der Waals surface area contributed by atoms with Crippen molar-refractivity contribution in [2.75, 3.05) is 13.7 Å². The third kappa shape index (κ3) is 7.01. The number of aromatic nitrogens is 1. The van der Waals surface area contributed by atoms with Crippen LogP contribution in [0.2, 0.25) is 10.0 Å². The van der Waals surface area contributed by atoms with Crippen LogP contribution < -0.4 is 24.4 Å². The molecule has 1 aliphatic rings. The van der Waals surface area contributed by atoms with E-state index < -0.39 is 12.0 Å². The van der Waals surface area contributed by atoms with Crippen LogP contribution in [0, 0.1) is 3.57 Å². The molecule has 0 aliphatic carbocycles. The number of hydrogen-bond donors (Lipinski definition) is 0. The Hall–Kier alpha value is -3.12. The van der Waals surface area contributed by atoms with Crippen molar-refractivity contribution in [2.24, 2.45) is 4.99 Å². The Kier molecular flexibility index (Phi) is 10.4. The fraction of sp³-hybridized carbons (Fsp3) is 0.265. The Balaban J connectivity index is 1.56. The van der Waals surface area contributed by atoms with Crippen LogP contribution in [0.25, 0.3) is 6.08 Å². The zero-order chi connectivity index (χ0) is 32.4. The molecule has 4 aromatic rings. The largest absolute Gasteiger partial charge is 0.493 e. The number of thiazole rings is 1. The fourth-order valence-electron chi connectivity index (χ4n) is 5.07. The molecule has 0 saturated heterocycles. The average Bonchev–Trinajstić information content (AvgIpc) is 3.31. The molecule has 0 amide bonds. The third-order valence-electron chi connectivity index (χ3n) is 7.35. The molecule has 0 radical (unpaired) electrons. The molecular weight excluding hydrogens is 746 g/mol. The van der Waals surface area contributed by atoms with Gasteiger partial charge in [-0.3, -0.25) is 9.36 Å². The Labute approximate surface area is 288 Å². The number of rotatable bonds is 9. The van der Waals surface area contributed by atoms with Crippen molar-refractivity contribution in [3.63, 3.8) is 0 Å². The number of nitrogens with zero attached hydrogens (tertiary/aromatic N) is 2. The highest BCUT2D eigenvalue weighted by atomic mass is 127. The minimum atomic E-state index is -0.671. The summed E-state index contributed by atoms with van der Waals surface area (Å²) in [5.74, 6) is 0.948. The molecule has 45 heavy (non-hydrogen) atoms. The first-order chi connectivity index (χ1) is 21.5. The van der Waals surface area contributed by atoms with E-state index in [1.807, 2.05) is 42.5 Å². The van der Waals surface area contributed by atoms with Crippen LogP contribution in [0.5, 0.6) is 11.5 Å². The van der Waals surface area contributed by atoms with E-state index >= 15 is 0 Å². The Morgan fingerprint density at radius 1 is 1.11 bits per heavy atom. The molecule has 3 aromatic carbocycles. The van der Waals surface area contributed by atoms with Gasteiger partial charge in [-0.2, -0.15) is 0 Å². The summed E-state index contributed by atoms with van der Waals surface area (Å²) in [5.41, 5.74) is 4.22. The molecule has 1 aliphatic heterocycles. The second-order valence-electron chi connectivity index (χ2n) is 10.7. The van der Waals surface area contributed by atoms with E-state index in [2.05, 4.69) is 41.4 Å². The monoisotopic (exact) mass is 776 g/mol. The van der Waals surface area contributed by atoms with Gasteiger partial charge in [-0.1, -0.05) is 78.7 Å². The van der Waals surface area contributed by atoms with Crippen molar-refractivity contribution in [1.82, 2.24) is 4.57 Å². The lowest BCUT2D eigenvalue weighted by Gasteiger charge is -2.25. The number of hydrogen-bond acceptors (Lipinski definition) is 7. The van der Waals surface area contributed by atoms with Crippen molar-refractivity contribution < 1.29 is 19.0 Å². The van der Waals surface area contributed by atoms with Crippen LogP contribution in [0.4, 0.5) is 0 Å². The fourth-order valence-corrected chi connectivity index (χ4v) is 7.22. The number of esters is 1. The highest BCUT2D eigenvalue weighted by molar-refractivity contribution is 14.1. The first kappa shape index (κ1) is 33.2. The lowest BCUT2D eigenvalue weighted by Crippen LogP contribution is -2.39. The number of methoxy groups -OCH3 is 1. The van der Waals surface area contributed by atoms with Crippen LogP contribution in [-0.2, 0) is 16.1 Å². The molecule has 234 valence electrons. The number of ether oxygens (including phenoxy) is 3. The number of carbonyl (C=O) groups is 1. The molecule has 1 aromatic heterocycles. The van der Waals surface area contributed by atoms with Gasteiger partial charge in [-0.05, 0) is 95.0 Å². The molecule has 2 heterocycles. The summed E-state index contributed by atoms with van der Waals surface area (Å²) >= 11 is 15.7. The summed E-state index contributed by atoms with van der Waals surface area (Å²) < 4.78 is 20.1. The zero-order valence-electron chi connectivity index (χ0n) is 25.3. The van der Waals surface area contributed by atoms with Crippen LogP contribution >= 0.6 is 57.1 Å². The molecule has 0 saturated carbocycles. The Morgan fingerprint density at radius 2 is 1.84 bits per heavy atom. The van der Waals surface area contributed by atoms with Gasteiger partial charge < -0.3 is 14.2 Å². The number of allylic oxidation sites excluding steroid dienone is 1. The normalized spacial score (nSPS) is 14.8. The van der Waals surface area contributed by atoms with Crippen molar-refractivity contribution >= 4 is 69.2 Å². The van der Waals surface area contributed by atoms with E-state index in [0.29, 0.717) is 48.1 Å². The Morgan fingerprint density at radius 3 is 2.49 bits per heavy atom. The van der Waals surface area contributed by atoms with E-state index in [-0.39, 0.29) is 18.8 Å². The maximum Gasteiger partial charge on any atom is 0.338 e. The average molecular weight is 778 g/mol. The number of carbonyl (C=O) groups excluding carboxylic acids is 1. The minimum absolute atomic E-state index is 0.215. The summed E-state index contributed by atoms with van der Waals surface area (Å²) in [7, 11) is 1.57. The molecule has 5 rings (SSSR count). The van der Waals surface area contributed by atoms with Crippen LogP contribution in [-0.4, -0.2) is 24.3 Å². The molecule has 0 N–H and O–H groups in total. The SMILES string of the molecule is CCOC(=O)C1=C(C)N=c2sc(=Cc3cc(I)c(OCc4ccc(Cl)c(Cl)c4)c(OC)c3)c(=O)n2[C@H]1c1ccc(C(C)C)cc1. The van der Waals surface area contributed by atoms with Gasteiger partial charge in [0.2, 0.25) is 0 Å². The van der Waals surface area contributed by atoms with Gasteiger partial charge in [0.25, 0.3) is 5.56 Å². The predicted octanol–water partition coefficient (Wildman–Crippen LogP) is 7.42. The summed E-state index contributed by atoms with van der Waals surface area (Å²) in [6.07, 6.45) is 1.81. The minimum Gasteiger partial charge on any atom is -0.493 e. The second kappa shape index (κ2) is 14.1. The quantitative estimate of drug-likeness (QED) is 0.131. The highest BCUT2D eigenvalue weighted by Crippen LogP contribution is 2.36. The van der Waals surface area contributed by atoms with Crippen molar-refractivity contribution in [3.05, 3.63) is 121 Å². The number of halogens is 3. The van der Waals surface area contributed by atoms with Gasteiger partial charge >= 0.3 is 5.97 Å². The molecule has 0 fully saturated rings. The maximum atomic E-state index is 14.1. The van der Waals surface area contributed by atoms with Gasteiger partial charge in [-0.15, -0.1) is 0 Å². The van der Waals surface area contributed by atoms with Crippen molar-refractivity contribution in [1.29, 1.82) is 0 Å². The second-order valence-corrected chi connectivity index (χ2v) is 13.7. The third-order valence-corrected chi connectivity index (χ3v) is 9.88. The lowest BCUT2D eigenvalue weighted by atomic mass is 9.93. The van der Waals surface area contributed by atoms with E-state index in [1.165, 1.54) is 11.3 Å². The van der Waals surface area contributed by atoms with Crippen molar-refractivity contribution in [2.45, 2.75) is 46.3 Å². The standard InChI is InChI=1S/C34H31Cl2IN2O5S/c1-6-43-33(41)29-19(4)38-34-39(30(29)23-10-8-22(9-11-23)18(2)3)32(40)28(45-34)16-21-14-26(37)31(27(15-21)42-5)44-17-20-7-12-24(35)25(36)13-20/h7-16,18,30H,6,17H2,1-5H3/t30-/m0/s1. The molecule has 0 bridgehead atoms. The van der Waals surface area contributed by atoms with Crippen LogP contribution in [0.1, 0.15) is 61.9 Å².